The molecule has 0 aliphatic heterocycles. The standard InChI is InChI=1S/C20H29N5/c1-21-20(23-15-13-16-8-3-2-4-9-16)22-14-7-12-19-24-17-10-5-6-11-18(17)25-19/h5-6,8,10-11H,2-4,7,9,12-15H2,1H3,(H,24,25)(H2,21,22,23). The van der Waals surface area contributed by atoms with Gasteiger partial charge >= 0.3 is 0 Å². The van der Waals surface area contributed by atoms with Crippen molar-refractivity contribution in [3.63, 3.8) is 0 Å². The molecule has 0 amide bonds. The molecule has 0 bridgehead atoms. The molecule has 5 heteroatoms. The highest BCUT2D eigenvalue weighted by Crippen LogP contribution is 2.19. The van der Waals surface area contributed by atoms with Crippen LogP contribution >= 0.6 is 0 Å². The third kappa shape index (κ3) is 5.34. The van der Waals surface area contributed by atoms with Crippen LogP contribution in [0.4, 0.5) is 0 Å². The van der Waals surface area contributed by atoms with Gasteiger partial charge in [0.15, 0.2) is 5.96 Å². The van der Waals surface area contributed by atoms with Crippen molar-refractivity contribution in [1.29, 1.82) is 0 Å². The third-order valence-corrected chi connectivity index (χ3v) is 4.67. The van der Waals surface area contributed by atoms with Crippen molar-refractivity contribution in [2.45, 2.75) is 44.9 Å². The van der Waals surface area contributed by atoms with Crippen LogP contribution in [0.2, 0.25) is 0 Å². The molecule has 2 aromatic rings. The number of hydrogen-bond donors (Lipinski definition) is 3. The fraction of sp³-hybridized carbons (Fsp3) is 0.500. The number of aliphatic imine (C=N–C) groups is 1. The van der Waals surface area contributed by atoms with Crippen LogP contribution in [-0.2, 0) is 6.42 Å². The molecule has 1 aliphatic rings. The fourth-order valence-electron chi connectivity index (χ4n) is 3.28. The van der Waals surface area contributed by atoms with Gasteiger partial charge in [-0.2, -0.15) is 0 Å². The molecule has 3 N–H and O–H groups in total. The van der Waals surface area contributed by atoms with Crippen molar-refractivity contribution in [3.05, 3.63) is 41.7 Å². The van der Waals surface area contributed by atoms with Crippen molar-refractivity contribution in [2.75, 3.05) is 20.1 Å². The lowest BCUT2D eigenvalue weighted by Gasteiger charge is -2.15. The monoisotopic (exact) mass is 339 g/mol. The van der Waals surface area contributed by atoms with Gasteiger partial charge in [-0.3, -0.25) is 4.99 Å². The Morgan fingerprint density at radius 3 is 2.84 bits per heavy atom. The van der Waals surface area contributed by atoms with Crippen LogP contribution in [-0.4, -0.2) is 36.1 Å². The first kappa shape index (κ1) is 17.5. The van der Waals surface area contributed by atoms with E-state index in [0.717, 1.165) is 55.2 Å². The Labute approximate surface area is 150 Å². The van der Waals surface area contributed by atoms with Crippen LogP contribution in [0.25, 0.3) is 11.0 Å². The predicted octanol–water partition coefficient (Wildman–Crippen LogP) is 3.55. The van der Waals surface area contributed by atoms with Crippen LogP contribution in [0, 0.1) is 0 Å². The van der Waals surface area contributed by atoms with Gasteiger partial charge < -0.3 is 15.6 Å². The zero-order valence-electron chi connectivity index (χ0n) is 15.1. The highest BCUT2D eigenvalue weighted by molar-refractivity contribution is 5.79. The van der Waals surface area contributed by atoms with Gasteiger partial charge in [0.25, 0.3) is 0 Å². The molecule has 0 atom stereocenters. The number of aromatic nitrogens is 2. The van der Waals surface area contributed by atoms with Crippen molar-refractivity contribution in [3.8, 4) is 0 Å². The lowest BCUT2D eigenvalue weighted by molar-refractivity contribution is 0.663. The van der Waals surface area contributed by atoms with Gasteiger partial charge in [-0.05, 0) is 50.7 Å². The molecule has 0 saturated carbocycles. The Bertz CT molecular complexity index is 696. The molecular weight excluding hydrogens is 310 g/mol. The van der Waals surface area contributed by atoms with Crippen LogP contribution in [0.1, 0.15) is 44.3 Å². The Hall–Kier alpha value is -2.30. The topological polar surface area (TPSA) is 65.1 Å². The highest BCUT2D eigenvalue weighted by Gasteiger charge is 2.05. The number of nitrogens with zero attached hydrogens (tertiary/aromatic N) is 2. The van der Waals surface area contributed by atoms with E-state index < -0.39 is 0 Å². The van der Waals surface area contributed by atoms with E-state index in [9.17, 15) is 0 Å². The molecule has 1 aromatic carbocycles. The Morgan fingerprint density at radius 2 is 2.04 bits per heavy atom. The lowest BCUT2D eigenvalue weighted by atomic mass is 9.97. The number of allylic oxidation sites excluding steroid dienone is 1. The quantitative estimate of drug-likeness (QED) is 0.313. The third-order valence-electron chi connectivity index (χ3n) is 4.67. The largest absolute Gasteiger partial charge is 0.356 e. The number of imidazole rings is 1. The van der Waals surface area contributed by atoms with Gasteiger partial charge in [0, 0.05) is 26.6 Å². The number of benzene rings is 1. The second kappa shape index (κ2) is 9.25. The summed E-state index contributed by atoms with van der Waals surface area (Å²) in [6.45, 7) is 1.84. The molecule has 3 rings (SSSR count). The second-order valence-electron chi connectivity index (χ2n) is 6.59. The lowest BCUT2D eigenvalue weighted by Crippen LogP contribution is -2.38. The molecule has 0 saturated heterocycles. The van der Waals surface area contributed by atoms with Crippen molar-refractivity contribution >= 4 is 17.0 Å². The molecule has 1 heterocycles. The summed E-state index contributed by atoms with van der Waals surface area (Å²) in [7, 11) is 1.83. The number of fused-ring (bicyclic) bond motifs is 1. The number of para-hydroxylation sites is 2. The average molecular weight is 339 g/mol. The molecule has 134 valence electrons. The number of guanidine groups is 1. The van der Waals surface area contributed by atoms with E-state index in [4.69, 9.17) is 0 Å². The number of aromatic amines is 1. The number of nitrogens with one attached hydrogen (secondary N) is 3. The summed E-state index contributed by atoms with van der Waals surface area (Å²) >= 11 is 0. The summed E-state index contributed by atoms with van der Waals surface area (Å²) < 4.78 is 0. The van der Waals surface area contributed by atoms with Crippen LogP contribution in [0.15, 0.2) is 40.9 Å². The van der Waals surface area contributed by atoms with Gasteiger partial charge in [0.2, 0.25) is 0 Å². The van der Waals surface area contributed by atoms with Gasteiger partial charge in [0.1, 0.15) is 5.82 Å². The average Bonchev–Trinajstić information content (AvgIpc) is 3.07. The summed E-state index contributed by atoms with van der Waals surface area (Å²) in [5.74, 6) is 1.94. The molecule has 5 nitrogen and oxygen atoms in total. The van der Waals surface area contributed by atoms with Crippen molar-refractivity contribution in [1.82, 2.24) is 20.6 Å². The SMILES string of the molecule is CN=C(NCCCc1nc2ccccc2[nH]1)NCCC1=CCCCC1. The zero-order chi connectivity index (χ0) is 17.3. The first-order chi connectivity index (χ1) is 12.3. The number of H-pyrrole nitrogens is 1. The molecule has 0 radical (unpaired) electrons. The Balaban J connectivity index is 1.34. The molecule has 1 aliphatic carbocycles. The minimum Gasteiger partial charge on any atom is -0.356 e. The van der Waals surface area contributed by atoms with Gasteiger partial charge in [-0.25, -0.2) is 4.98 Å². The summed E-state index contributed by atoms with van der Waals surface area (Å²) in [6, 6.07) is 8.16. The molecule has 0 spiro atoms. The predicted molar refractivity (Wildman–Crippen MR) is 105 cm³/mol. The van der Waals surface area contributed by atoms with Gasteiger partial charge in [-0.15, -0.1) is 0 Å². The van der Waals surface area contributed by atoms with E-state index in [0.29, 0.717) is 0 Å². The first-order valence-electron chi connectivity index (χ1n) is 9.41. The minimum absolute atomic E-state index is 0.888. The fourth-order valence-corrected chi connectivity index (χ4v) is 3.28. The van der Waals surface area contributed by atoms with Crippen LogP contribution < -0.4 is 10.6 Å². The Morgan fingerprint density at radius 1 is 1.16 bits per heavy atom. The maximum atomic E-state index is 4.62. The molecule has 0 unspecified atom stereocenters. The zero-order valence-corrected chi connectivity index (χ0v) is 15.1. The number of aryl methyl sites for hydroxylation is 1. The number of rotatable bonds is 7. The van der Waals surface area contributed by atoms with E-state index >= 15 is 0 Å². The highest BCUT2D eigenvalue weighted by atomic mass is 15.2. The summed E-state index contributed by atoms with van der Waals surface area (Å²) in [6.07, 6.45) is 10.7. The molecule has 0 fully saturated rings. The molecule has 25 heavy (non-hydrogen) atoms. The maximum Gasteiger partial charge on any atom is 0.190 e. The van der Waals surface area contributed by atoms with Crippen molar-refractivity contribution < 1.29 is 0 Å². The van der Waals surface area contributed by atoms with E-state index in [1.807, 2.05) is 25.2 Å². The van der Waals surface area contributed by atoms with E-state index in [1.54, 1.807) is 5.57 Å². The molecular formula is C20H29N5. The van der Waals surface area contributed by atoms with Crippen LogP contribution in [0.3, 0.4) is 0 Å². The van der Waals surface area contributed by atoms with Gasteiger partial charge in [-0.1, -0.05) is 23.8 Å². The summed E-state index contributed by atoms with van der Waals surface area (Å²) in [4.78, 5) is 12.3. The summed E-state index contributed by atoms with van der Waals surface area (Å²) in [5.41, 5.74) is 3.75. The number of hydrogen-bond acceptors (Lipinski definition) is 2. The Kier molecular flexibility index (Phi) is 6.48. The first-order valence-corrected chi connectivity index (χ1v) is 9.41. The normalized spacial score (nSPS) is 15.2. The van der Waals surface area contributed by atoms with Crippen molar-refractivity contribution in [2.24, 2.45) is 4.99 Å². The van der Waals surface area contributed by atoms with E-state index in [2.05, 4.69) is 37.7 Å². The second-order valence-corrected chi connectivity index (χ2v) is 6.59. The minimum atomic E-state index is 0.888. The molecule has 1 aromatic heterocycles. The van der Waals surface area contributed by atoms with Crippen LogP contribution in [0.5, 0.6) is 0 Å². The van der Waals surface area contributed by atoms with Gasteiger partial charge in [0.05, 0.1) is 11.0 Å². The summed E-state index contributed by atoms with van der Waals surface area (Å²) in [5, 5.41) is 6.80. The van der Waals surface area contributed by atoms with E-state index in [1.165, 1.54) is 25.7 Å². The maximum absolute atomic E-state index is 4.62. The smallest absolute Gasteiger partial charge is 0.190 e. The van der Waals surface area contributed by atoms with E-state index in [-0.39, 0.29) is 0 Å².